The molecule has 0 fully saturated rings. The van der Waals surface area contributed by atoms with Gasteiger partial charge in [-0.2, -0.15) is 0 Å². The van der Waals surface area contributed by atoms with Crippen molar-refractivity contribution in [2.24, 2.45) is 0 Å². The Hall–Kier alpha value is -2.86. The van der Waals surface area contributed by atoms with Gasteiger partial charge in [-0.05, 0) is 56.2 Å². The number of thioether (sulfide) groups is 1. The van der Waals surface area contributed by atoms with Crippen molar-refractivity contribution in [2.45, 2.75) is 25.8 Å². The molecule has 0 atom stereocenters. The largest absolute Gasteiger partial charge is 0.497 e. The van der Waals surface area contributed by atoms with E-state index in [1.807, 2.05) is 50.2 Å². The van der Waals surface area contributed by atoms with Gasteiger partial charge in [0.2, 0.25) is 5.91 Å². The maximum atomic E-state index is 12.3. The summed E-state index contributed by atoms with van der Waals surface area (Å²) >= 11 is 1.36. The van der Waals surface area contributed by atoms with Crippen molar-refractivity contribution in [3.05, 3.63) is 65.2 Å². The van der Waals surface area contributed by atoms with Crippen LogP contribution >= 0.6 is 11.8 Å². The number of benzene rings is 2. The quantitative estimate of drug-likeness (QED) is 0.609. The first-order valence-corrected chi connectivity index (χ1v) is 9.93. The number of aromatic nitrogens is 2. The number of carbonyl (C=O) groups excluding carboxylic acids is 1. The standard InChI is InChI=1S/C22H23N3O2S/c1-14-10-15(2)22(16(3)11-14)23-20(26)13-28-21-9-8-19(24-25-21)17-6-5-7-18(12-17)27-4/h5-12H,13H2,1-4H3,(H,23,26). The van der Waals surface area contributed by atoms with Gasteiger partial charge < -0.3 is 10.1 Å². The number of hydrogen-bond acceptors (Lipinski definition) is 5. The number of nitrogens with zero attached hydrogens (tertiary/aromatic N) is 2. The van der Waals surface area contributed by atoms with Crippen molar-refractivity contribution in [1.82, 2.24) is 10.2 Å². The Morgan fingerprint density at radius 3 is 2.43 bits per heavy atom. The van der Waals surface area contributed by atoms with Crippen molar-refractivity contribution >= 4 is 23.4 Å². The molecule has 0 spiro atoms. The van der Waals surface area contributed by atoms with Gasteiger partial charge in [0.25, 0.3) is 0 Å². The van der Waals surface area contributed by atoms with Crippen LogP contribution < -0.4 is 10.1 Å². The number of rotatable bonds is 6. The smallest absolute Gasteiger partial charge is 0.234 e. The number of amides is 1. The molecule has 1 heterocycles. The number of ether oxygens (including phenoxy) is 1. The third-order valence-corrected chi connectivity index (χ3v) is 5.22. The summed E-state index contributed by atoms with van der Waals surface area (Å²) in [6.07, 6.45) is 0. The number of aryl methyl sites for hydroxylation is 3. The molecule has 0 saturated heterocycles. The lowest BCUT2D eigenvalue weighted by Crippen LogP contribution is -2.16. The second-order valence-corrected chi connectivity index (χ2v) is 7.59. The van der Waals surface area contributed by atoms with Crippen LogP contribution in [0, 0.1) is 20.8 Å². The first-order valence-electron chi connectivity index (χ1n) is 8.95. The third kappa shape index (κ3) is 4.89. The van der Waals surface area contributed by atoms with Crippen molar-refractivity contribution in [3.63, 3.8) is 0 Å². The zero-order valence-electron chi connectivity index (χ0n) is 16.4. The van der Waals surface area contributed by atoms with Crippen LogP contribution in [0.2, 0.25) is 0 Å². The molecular formula is C22H23N3O2S. The highest BCUT2D eigenvalue weighted by atomic mass is 32.2. The zero-order valence-corrected chi connectivity index (χ0v) is 17.3. The Morgan fingerprint density at radius 1 is 1.04 bits per heavy atom. The van der Waals surface area contributed by atoms with Crippen molar-refractivity contribution < 1.29 is 9.53 Å². The van der Waals surface area contributed by atoms with Gasteiger partial charge >= 0.3 is 0 Å². The molecule has 0 bridgehead atoms. The van der Waals surface area contributed by atoms with Crippen LogP contribution in [0.15, 0.2) is 53.6 Å². The summed E-state index contributed by atoms with van der Waals surface area (Å²) in [5, 5.41) is 12.2. The van der Waals surface area contributed by atoms with Crippen LogP contribution in [0.4, 0.5) is 5.69 Å². The molecule has 0 aliphatic rings. The molecule has 5 nitrogen and oxygen atoms in total. The average Bonchev–Trinajstić information content (AvgIpc) is 2.69. The molecular weight excluding hydrogens is 370 g/mol. The van der Waals surface area contributed by atoms with E-state index in [1.54, 1.807) is 7.11 Å². The van der Waals surface area contributed by atoms with Gasteiger partial charge in [-0.1, -0.05) is 41.6 Å². The van der Waals surface area contributed by atoms with Crippen molar-refractivity contribution in [2.75, 3.05) is 18.2 Å². The molecule has 0 aliphatic heterocycles. The Kier molecular flexibility index (Phi) is 6.31. The fourth-order valence-electron chi connectivity index (χ4n) is 3.03. The van der Waals surface area contributed by atoms with E-state index in [0.29, 0.717) is 5.03 Å². The van der Waals surface area contributed by atoms with Gasteiger partial charge in [-0.3, -0.25) is 4.79 Å². The lowest BCUT2D eigenvalue weighted by molar-refractivity contribution is -0.113. The highest BCUT2D eigenvalue weighted by molar-refractivity contribution is 7.99. The highest BCUT2D eigenvalue weighted by Gasteiger charge is 2.10. The van der Waals surface area contributed by atoms with Gasteiger partial charge in [-0.25, -0.2) is 0 Å². The van der Waals surface area contributed by atoms with E-state index in [-0.39, 0.29) is 11.7 Å². The zero-order chi connectivity index (χ0) is 20.1. The lowest BCUT2D eigenvalue weighted by atomic mass is 10.1. The van der Waals surface area contributed by atoms with Crippen LogP contribution in [-0.4, -0.2) is 29.0 Å². The molecule has 1 aromatic heterocycles. The molecule has 0 aliphatic carbocycles. The summed E-state index contributed by atoms with van der Waals surface area (Å²) in [4.78, 5) is 12.3. The minimum atomic E-state index is -0.0567. The first kappa shape index (κ1) is 19.9. The van der Waals surface area contributed by atoms with Crippen molar-refractivity contribution in [1.29, 1.82) is 0 Å². The van der Waals surface area contributed by atoms with Crippen LogP contribution in [0.25, 0.3) is 11.3 Å². The number of anilines is 1. The van der Waals surface area contributed by atoms with Gasteiger partial charge in [0.1, 0.15) is 10.8 Å². The molecule has 3 rings (SSSR count). The number of methoxy groups -OCH3 is 1. The second-order valence-electron chi connectivity index (χ2n) is 6.60. The Morgan fingerprint density at radius 2 is 1.79 bits per heavy atom. The number of carbonyl (C=O) groups is 1. The van der Waals surface area contributed by atoms with Crippen LogP contribution in [0.5, 0.6) is 5.75 Å². The van der Waals surface area contributed by atoms with Gasteiger partial charge in [-0.15, -0.1) is 10.2 Å². The summed E-state index contributed by atoms with van der Waals surface area (Å²) in [7, 11) is 1.63. The second kappa shape index (κ2) is 8.89. The third-order valence-electron chi connectivity index (χ3n) is 4.30. The van der Waals surface area contributed by atoms with E-state index in [0.717, 1.165) is 33.8 Å². The van der Waals surface area contributed by atoms with Crippen LogP contribution in [-0.2, 0) is 4.79 Å². The number of nitrogens with one attached hydrogen (secondary N) is 1. The molecule has 0 radical (unpaired) electrons. The van der Waals surface area contributed by atoms with E-state index < -0.39 is 0 Å². The van der Waals surface area contributed by atoms with Crippen LogP contribution in [0.3, 0.4) is 0 Å². The van der Waals surface area contributed by atoms with Crippen LogP contribution in [0.1, 0.15) is 16.7 Å². The Balaban J connectivity index is 1.61. The highest BCUT2D eigenvalue weighted by Crippen LogP contribution is 2.25. The molecule has 144 valence electrons. The van der Waals surface area contributed by atoms with Gasteiger partial charge in [0.15, 0.2) is 0 Å². The fourth-order valence-corrected chi connectivity index (χ4v) is 3.64. The van der Waals surface area contributed by atoms with E-state index >= 15 is 0 Å². The topological polar surface area (TPSA) is 64.1 Å². The molecule has 2 aromatic carbocycles. The number of hydrogen-bond donors (Lipinski definition) is 1. The summed E-state index contributed by atoms with van der Waals surface area (Å²) in [6, 6.07) is 15.6. The predicted molar refractivity (Wildman–Crippen MR) is 114 cm³/mol. The lowest BCUT2D eigenvalue weighted by Gasteiger charge is -2.12. The summed E-state index contributed by atoms with van der Waals surface area (Å²) in [5.74, 6) is 0.995. The monoisotopic (exact) mass is 393 g/mol. The van der Waals surface area contributed by atoms with E-state index in [2.05, 4.69) is 34.6 Å². The summed E-state index contributed by atoms with van der Waals surface area (Å²) < 4.78 is 5.24. The Labute approximate surface area is 169 Å². The van der Waals surface area contributed by atoms with E-state index in [4.69, 9.17) is 4.74 Å². The SMILES string of the molecule is COc1cccc(-c2ccc(SCC(=O)Nc3c(C)cc(C)cc3C)nn2)c1. The molecule has 0 unspecified atom stereocenters. The molecule has 3 aromatic rings. The summed E-state index contributed by atoms with van der Waals surface area (Å²) in [5.41, 5.74) is 5.91. The van der Waals surface area contributed by atoms with E-state index in [1.165, 1.54) is 17.3 Å². The Bertz CT molecular complexity index is 964. The van der Waals surface area contributed by atoms with E-state index in [9.17, 15) is 4.79 Å². The summed E-state index contributed by atoms with van der Waals surface area (Å²) in [6.45, 7) is 6.06. The minimum Gasteiger partial charge on any atom is -0.497 e. The molecule has 1 amide bonds. The normalized spacial score (nSPS) is 10.6. The molecule has 28 heavy (non-hydrogen) atoms. The average molecular weight is 394 g/mol. The minimum absolute atomic E-state index is 0.0567. The van der Waals surface area contributed by atoms with Gasteiger partial charge in [0.05, 0.1) is 18.6 Å². The van der Waals surface area contributed by atoms with Gasteiger partial charge in [0, 0.05) is 11.3 Å². The molecule has 6 heteroatoms. The molecule has 0 saturated carbocycles. The molecule has 1 N–H and O–H groups in total. The first-order chi connectivity index (χ1) is 13.5. The maximum Gasteiger partial charge on any atom is 0.234 e. The maximum absolute atomic E-state index is 12.3. The van der Waals surface area contributed by atoms with Crippen molar-refractivity contribution in [3.8, 4) is 17.0 Å². The fraction of sp³-hybridized carbons (Fsp3) is 0.227. The predicted octanol–water partition coefficient (Wildman–Crippen LogP) is 4.81.